The smallest absolute Gasteiger partial charge is 0.112 e. The van der Waals surface area contributed by atoms with E-state index in [2.05, 4.69) is 31.2 Å². The first kappa shape index (κ1) is 13.6. The van der Waals surface area contributed by atoms with E-state index in [9.17, 15) is 0 Å². The lowest BCUT2D eigenvalue weighted by Gasteiger charge is -2.08. The summed E-state index contributed by atoms with van der Waals surface area (Å²) in [5.74, 6) is 0.744. The standard InChI is InChI=1S/C13H15BrClN3/c14-10-8-12-13(18-9-10)11(4-7-17-12)16-6-3-1-2-5-15/h4,7-9H,1-3,5-6H2,(H,16,17). The highest BCUT2D eigenvalue weighted by Gasteiger charge is 2.03. The minimum atomic E-state index is 0.744. The average Bonchev–Trinajstić information content (AvgIpc) is 2.38. The lowest BCUT2D eigenvalue weighted by atomic mass is 10.2. The number of anilines is 1. The van der Waals surface area contributed by atoms with Crippen LogP contribution >= 0.6 is 27.5 Å². The maximum atomic E-state index is 5.65. The van der Waals surface area contributed by atoms with Crippen molar-refractivity contribution in [2.45, 2.75) is 19.3 Å². The van der Waals surface area contributed by atoms with Crippen LogP contribution in [0.5, 0.6) is 0 Å². The fourth-order valence-electron chi connectivity index (χ4n) is 1.77. The Morgan fingerprint density at radius 3 is 2.94 bits per heavy atom. The van der Waals surface area contributed by atoms with Gasteiger partial charge in [-0.3, -0.25) is 9.97 Å². The van der Waals surface area contributed by atoms with E-state index < -0.39 is 0 Å². The van der Waals surface area contributed by atoms with E-state index in [0.717, 1.165) is 52.9 Å². The Morgan fingerprint density at radius 1 is 1.22 bits per heavy atom. The van der Waals surface area contributed by atoms with Gasteiger partial charge >= 0.3 is 0 Å². The van der Waals surface area contributed by atoms with Crippen LogP contribution in [0, 0.1) is 0 Å². The summed E-state index contributed by atoms with van der Waals surface area (Å²) in [7, 11) is 0. The van der Waals surface area contributed by atoms with E-state index >= 15 is 0 Å². The molecule has 0 radical (unpaired) electrons. The van der Waals surface area contributed by atoms with Gasteiger partial charge in [-0.25, -0.2) is 0 Å². The molecule has 0 aliphatic rings. The van der Waals surface area contributed by atoms with Gasteiger partial charge in [-0.1, -0.05) is 6.42 Å². The molecule has 2 rings (SSSR count). The molecule has 96 valence electrons. The maximum absolute atomic E-state index is 5.65. The second-order valence-corrected chi connectivity index (χ2v) is 5.35. The molecule has 0 aromatic carbocycles. The Kier molecular flexibility index (Phi) is 5.20. The third kappa shape index (κ3) is 3.56. The SMILES string of the molecule is ClCCCCCNc1ccnc2cc(Br)cnc12. The van der Waals surface area contributed by atoms with Gasteiger partial charge in [0.15, 0.2) is 0 Å². The molecule has 0 bridgehead atoms. The third-order valence-electron chi connectivity index (χ3n) is 2.67. The van der Waals surface area contributed by atoms with Crippen LogP contribution in [0.1, 0.15) is 19.3 Å². The van der Waals surface area contributed by atoms with E-state index in [1.807, 2.05) is 12.1 Å². The monoisotopic (exact) mass is 327 g/mol. The summed E-state index contributed by atoms with van der Waals surface area (Å²) in [6.07, 6.45) is 6.94. The average molecular weight is 329 g/mol. The van der Waals surface area contributed by atoms with Crippen molar-refractivity contribution >= 4 is 44.3 Å². The van der Waals surface area contributed by atoms with Crippen LogP contribution in [0.4, 0.5) is 5.69 Å². The predicted molar refractivity (Wildman–Crippen MR) is 80.3 cm³/mol. The number of pyridine rings is 2. The molecule has 5 heteroatoms. The highest BCUT2D eigenvalue weighted by molar-refractivity contribution is 9.10. The number of unbranched alkanes of at least 4 members (excludes halogenated alkanes) is 2. The number of nitrogens with one attached hydrogen (secondary N) is 1. The van der Waals surface area contributed by atoms with Crippen molar-refractivity contribution in [3.8, 4) is 0 Å². The fourth-order valence-corrected chi connectivity index (χ4v) is 2.28. The number of fused-ring (bicyclic) bond motifs is 1. The summed E-state index contributed by atoms with van der Waals surface area (Å²) in [5.41, 5.74) is 2.85. The Labute approximate surface area is 120 Å². The van der Waals surface area contributed by atoms with E-state index in [1.165, 1.54) is 0 Å². The molecule has 0 saturated carbocycles. The van der Waals surface area contributed by atoms with Crippen molar-refractivity contribution in [1.29, 1.82) is 0 Å². The molecule has 0 aliphatic heterocycles. The minimum Gasteiger partial charge on any atom is -0.383 e. The second-order valence-electron chi connectivity index (χ2n) is 4.06. The van der Waals surface area contributed by atoms with Crippen molar-refractivity contribution < 1.29 is 0 Å². The zero-order chi connectivity index (χ0) is 12.8. The van der Waals surface area contributed by atoms with Crippen molar-refractivity contribution in [1.82, 2.24) is 9.97 Å². The third-order valence-corrected chi connectivity index (χ3v) is 3.37. The van der Waals surface area contributed by atoms with Gasteiger partial charge in [0, 0.05) is 29.3 Å². The number of aromatic nitrogens is 2. The number of rotatable bonds is 6. The molecule has 18 heavy (non-hydrogen) atoms. The minimum absolute atomic E-state index is 0.744. The normalized spacial score (nSPS) is 10.8. The van der Waals surface area contributed by atoms with Crippen molar-refractivity contribution in [3.63, 3.8) is 0 Å². The van der Waals surface area contributed by atoms with E-state index in [-0.39, 0.29) is 0 Å². The van der Waals surface area contributed by atoms with Crippen molar-refractivity contribution in [2.75, 3.05) is 17.7 Å². The lowest BCUT2D eigenvalue weighted by Crippen LogP contribution is -2.03. The van der Waals surface area contributed by atoms with E-state index in [4.69, 9.17) is 11.6 Å². The van der Waals surface area contributed by atoms with Crippen LogP contribution in [0.2, 0.25) is 0 Å². The molecule has 0 atom stereocenters. The molecule has 0 fully saturated rings. The summed E-state index contributed by atoms with van der Waals surface area (Å²) in [5, 5.41) is 3.41. The van der Waals surface area contributed by atoms with E-state index in [0.29, 0.717) is 0 Å². The maximum Gasteiger partial charge on any atom is 0.112 e. The predicted octanol–water partition coefficient (Wildman–Crippen LogP) is 4.21. The Morgan fingerprint density at radius 2 is 2.11 bits per heavy atom. The molecular weight excluding hydrogens is 314 g/mol. The first-order chi connectivity index (χ1) is 8.81. The number of alkyl halides is 1. The highest BCUT2D eigenvalue weighted by Crippen LogP contribution is 2.21. The number of halogens is 2. The number of hydrogen-bond donors (Lipinski definition) is 1. The second kappa shape index (κ2) is 6.90. The molecule has 2 aromatic rings. The summed E-state index contributed by atoms with van der Waals surface area (Å²) in [4.78, 5) is 8.71. The quantitative estimate of drug-likeness (QED) is 0.637. The molecular formula is C13H15BrClN3. The Bertz CT molecular complexity index is 519. The number of hydrogen-bond acceptors (Lipinski definition) is 3. The molecule has 1 N–H and O–H groups in total. The Balaban J connectivity index is 2.04. The van der Waals surface area contributed by atoms with Crippen LogP contribution in [0.3, 0.4) is 0 Å². The topological polar surface area (TPSA) is 37.8 Å². The number of nitrogens with zero attached hydrogens (tertiary/aromatic N) is 2. The zero-order valence-corrected chi connectivity index (χ0v) is 12.3. The van der Waals surface area contributed by atoms with Gasteiger partial charge in [-0.2, -0.15) is 0 Å². The fraction of sp³-hybridized carbons (Fsp3) is 0.385. The van der Waals surface area contributed by atoms with Crippen LogP contribution < -0.4 is 5.32 Å². The molecule has 2 heterocycles. The molecule has 0 saturated heterocycles. The van der Waals surface area contributed by atoms with Crippen LogP contribution in [-0.2, 0) is 0 Å². The van der Waals surface area contributed by atoms with Crippen LogP contribution in [0.25, 0.3) is 11.0 Å². The molecule has 0 spiro atoms. The first-order valence-corrected chi connectivity index (χ1v) is 7.34. The summed E-state index contributed by atoms with van der Waals surface area (Å²) >= 11 is 9.05. The van der Waals surface area contributed by atoms with Gasteiger partial charge in [0.1, 0.15) is 5.52 Å². The highest BCUT2D eigenvalue weighted by atomic mass is 79.9. The molecule has 0 amide bonds. The van der Waals surface area contributed by atoms with Gasteiger partial charge in [0.05, 0.1) is 11.2 Å². The van der Waals surface area contributed by atoms with Crippen LogP contribution in [0.15, 0.2) is 29.0 Å². The molecule has 0 unspecified atom stereocenters. The summed E-state index contributed by atoms with van der Waals surface area (Å²) < 4.78 is 0.946. The summed E-state index contributed by atoms with van der Waals surface area (Å²) in [6.45, 7) is 0.938. The molecule has 0 aliphatic carbocycles. The van der Waals surface area contributed by atoms with Gasteiger partial charge < -0.3 is 5.32 Å². The Hall–Kier alpha value is -0.870. The lowest BCUT2D eigenvalue weighted by molar-refractivity contribution is 0.747. The first-order valence-electron chi connectivity index (χ1n) is 6.01. The molecule has 2 aromatic heterocycles. The van der Waals surface area contributed by atoms with Gasteiger partial charge in [0.2, 0.25) is 0 Å². The largest absolute Gasteiger partial charge is 0.383 e. The zero-order valence-electron chi connectivity index (χ0n) is 10.00. The van der Waals surface area contributed by atoms with Crippen molar-refractivity contribution in [2.24, 2.45) is 0 Å². The van der Waals surface area contributed by atoms with Gasteiger partial charge in [0.25, 0.3) is 0 Å². The van der Waals surface area contributed by atoms with Gasteiger partial charge in [-0.05, 0) is 40.9 Å². The van der Waals surface area contributed by atoms with Gasteiger partial charge in [-0.15, -0.1) is 11.6 Å². The van der Waals surface area contributed by atoms with E-state index in [1.54, 1.807) is 12.4 Å². The van der Waals surface area contributed by atoms with Crippen LogP contribution in [-0.4, -0.2) is 22.4 Å². The van der Waals surface area contributed by atoms with Crippen molar-refractivity contribution in [3.05, 3.63) is 29.0 Å². The molecule has 3 nitrogen and oxygen atoms in total. The summed E-state index contributed by atoms with van der Waals surface area (Å²) in [6, 6.07) is 3.94.